The van der Waals surface area contributed by atoms with E-state index in [1.165, 1.54) is 7.11 Å². The zero-order chi connectivity index (χ0) is 18.2. The first kappa shape index (κ1) is 17.4. The first-order valence-electron chi connectivity index (χ1n) is 7.54. The number of carbonyl (C=O) groups excluding carboxylic acids is 1. The van der Waals surface area contributed by atoms with Crippen LogP contribution in [0.15, 0.2) is 47.4 Å². The summed E-state index contributed by atoms with van der Waals surface area (Å²) in [6, 6.07) is 12.5. The predicted molar refractivity (Wildman–Crippen MR) is 99.9 cm³/mol. The Balaban J connectivity index is 2.22. The van der Waals surface area contributed by atoms with Gasteiger partial charge in [0.2, 0.25) is 0 Å². The minimum atomic E-state index is -3.97. The van der Waals surface area contributed by atoms with E-state index in [1.807, 2.05) is 32.0 Å². The Kier molecular flexibility index (Phi) is 4.53. The fraction of sp³-hybridized carbons (Fsp3) is 0.167. The molecule has 3 aromatic rings. The van der Waals surface area contributed by atoms with Crippen LogP contribution in [0.25, 0.3) is 10.1 Å². The second-order valence-electron chi connectivity index (χ2n) is 5.62. The number of rotatable bonds is 4. The highest BCUT2D eigenvalue weighted by Gasteiger charge is 2.29. The molecule has 2 aromatic carbocycles. The van der Waals surface area contributed by atoms with Gasteiger partial charge in [0, 0.05) is 10.1 Å². The Hall–Kier alpha value is -2.38. The van der Waals surface area contributed by atoms with E-state index in [4.69, 9.17) is 4.74 Å². The number of methoxy groups -OCH3 is 1. The zero-order valence-electron chi connectivity index (χ0n) is 14.0. The number of hydrogen-bond acceptors (Lipinski definition) is 5. The van der Waals surface area contributed by atoms with Crippen LogP contribution in [0.2, 0.25) is 0 Å². The second-order valence-corrected chi connectivity index (χ2v) is 8.29. The van der Waals surface area contributed by atoms with Gasteiger partial charge >= 0.3 is 5.97 Å². The average molecular weight is 375 g/mol. The van der Waals surface area contributed by atoms with Gasteiger partial charge in [0.05, 0.1) is 12.8 Å². The minimum Gasteiger partial charge on any atom is -0.465 e. The highest BCUT2D eigenvalue weighted by Crippen LogP contribution is 2.36. The number of fused-ring (bicyclic) bond motifs is 1. The van der Waals surface area contributed by atoms with Crippen molar-refractivity contribution in [2.75, 3.05) is 11.8 Å². The van der Waals surface area contributed by atoms with Gasteiger partial charge in [0.15, 0.2) is 0 Å². The Morgan fingerprint density at radius 2 is 1.68 bits per heavy atom. The largest absolute Gasteiger partial charge is 0.465 e. The van der Waals surface area contributed by atoms with Gasteiger partial charge in [-0.3, -0.25) is 4.72 Å². The van der Waals surface area contributed by atoms with Crippen LogP contribution in [-0.2, 0) is 14.8 Å². The molecule has 0 fully saturated rings. The number of esters is 1. The number of carbonyl (C=O) groups is 1. The molecule has 25 heavy (non-hydrogen) atoms. The maximum atomic E-state index is 13.1. The van der Waals surface area contributed by atoms with Crippen LogP contribution in [0.3, 0.4) is 0 Å². The Morgan fingerprint density at radius 3 is 2.32 bits per heavy atom. The molecule has 0 saturated carbocycles. The lowest BCUT2D eigenvalue weighted by Gasteiger charge is -2.13. The van der Waals surface area contributed by atoms with Crippen LogP contribution >= 0.6 is 11.3 Å². The van der Waals surface area contributed by atoms with E-state index >= 15 is 0 Å². The third-order valence-corrected chi connectivity index (χ3v) is 6.62. The van der Waals surface area contributed by atoms with Crippen molar-refractivity contribution < 1.29 is 17.9 Å². The van der Waals surface area contributed by atoms with E-state index in [2.05, 4.69) is 4.72 Å². The lowest BCUT2D eigenvalue weighted by molar-refractivity contribution is 0.0602. The fourth-order valence-corrected chi connectivity index (χ4v) is 5.70. The number of para-hydroxylation sites is 1. The number of anilines is 1. The van der Waals surface area contributed by atoms with Crippen molar-refractivity contribution in [1.82, 2.24) is 0 Å². The lowest BCUT2D eigenvalue weighted by atomic mass is 10.1. The Bertz CT molecular complexity index is 1050. The van der Waals surface area contributed by atoms with Gasteiger partial charge in [-0.05, 0) is 31.0 Å². The Morgan fingerprint density at radius 1 is 1.04 bits per heavy atom. The molecule has 0 radical (unpaired) electrons. The van der Waals surface area contributed by atoms with Crippen molar-refractivity contribution in [3.05, 3.63) is 58.5 Å². The van der Waals surface area contributed by atoms with Gasteiger partial charge < -0.3 is 4.74 Å². The normalized spacial score (nSPS) is 11.5. The maximum Gasteiger partial charge on any atom is 0.349 e. The number of ether oxygens (including phenoxy) is 1. The molecule has 0 saturated heterocycles. The summed E-state index contributed by atoms with van der Waals surface area (Å²) in [5, 5.41) is 0.506. The average Bonchev–Trinajstić information content (AvgIpc) is 2.98. The van der Waals surface area contributed by atoms with E-state index in [1.54, 1.807) is 24.3 Å². The number of aryl methyl sites for hydroxylation is 2. The standard InChI is InChI=1S/C18H17NO4S2/c1-11-7-6-8-12(2)15(11)19-25(21,22)17-13-9-4-5-10-14(13)24-16(17)18(20)23-3/h4-10,19H,1-3H3. The summed E-state index contributed by atoms with van der Waals surface area (Å²) in [4.78, 5) is 12.2. The molecule has 0 aliphatic rings. The summed E-state index contributed by atoms with van der Waals surface area (Å²) in [5.74, 6) is -0.664. The topological polar surface area (TPSA) is 72.5 Å². The summed E-state index contributed by atoms with van der Waals surface area (Å²) in [7, 11) is -2.73. The van der Waals surface area contributed by atoms with Crippen molar-refractivity contribution in [3.8, 4) is 0 Å². The van der Waals surface area contributed by atoms with E-state index in [0.29, 0.717) is 15.8 Å². The number of hydrogen-bond donors (Lipinski definition) is 1. The van der Waals surface area contributed by atoms with Crippen LogP contribution in [0.5, 0.6) is 0 Å². The number of benzene rings is 2. The third kappa shape index (κ3) is 3.12. The quantitative estimate of drug-likeness (QED) is 0.697. The monoisotopic (exact) mass is 375 g/mol. The minimum absolute atomic E-state index is 0.0393. The highest BCUT2D eigenvalue weighted by atomic mass is 32.2. The maximum absolute atomic E-state index is 13.1. The smallest absolute Gasteiger partial charge is 0.349 e. The summed E-state index contributed by atoms with van der Waals surface area (Å²) >= 11 is 1.11. The molecule has 0 atom stereocenters. The zero-order valence-corrected chi connectivity index (χ0v) is 15.6. The van der Waals surface area contributed by atoms with Crippen molar-refractivity contribution in [3.63, 3.8) is 0 Å². The molecule has 0 amide bonds. The molecule has 0 aliphatic heterocycles. The third-order valence-electron chi connectivity index (χ3n) is 3.91. The lowest BCUT2D eigenvalue weighted by Crippen LogP contribution is -2.17. The van der Waals surface area contributed by atoms with Crippen LogP contribution in [0, 0.1) is 13.8 Å². The SMILES string of the molecule is COC(=O)c1sc2ccccc2c1S(=O)(=O)Nc1c(C)cccc1C. The molecule has 1 heterocycles. The van der Waals surface area contributed by atoms with Gasteiger partial charge in [0.25, 0.3) is 10.0 Å². The molecular formula is C18H17NO4S2. The number of nitrogens with one attached hydrogen (secondary N) is 1. The molecule has 0 aliphatic carbocycles. The van der Waals surface area contributed by atoms with E-state index in [9.17, 15) is 13.2 Å². The van der Waals surface area contributed by atoms with Crippen molar-refractivity contribution in [2.45, 2.75) is 18.7 Å². The van der Waals surface area contributed by atoms with Gasteiger partial charge in [0.1, 0.15) is 9.77 Å². The second kappa shape index (κ2) is 6.50. The van der Waals surface area contributed by atoms with E-state index in [-0.39, 0.29) is 9.77 Å². The van der Waals surface area contributed by atoms with Crippen LogP contribution in [0.1, 0.15) is 20.8 Å². The highest BCUT2D eigenvalue weighted by molar-refractivity contribution is 7.93. The van der Waals surface area contributed by atoms with Gasteiger partial charge in [-0.25, -0.2) is 13.2 Å². The Labute approximate surface area is 150 Å². The molecule has 7 heteroatoms. The molecule has 130 valence electrons. The molecule has 0 bridgehead atoms. The van der Waals surface area contributed by atoms with E-state index in [0.717, 1.165) is 22.5 Å². The number of sulfonamides is 1. The van der Waals surface area contributed by atoms with Gasteiger partial charge in [-0.1, -0.05) is 36.4 Å². The summed E-state index contributed by atoms with van der Waals surface area (Å²) in [6.07, 6.45) is 0. The predicted octanol–water partition coefficient (Wildman–Crippen LogP) is 4.11. The molecule has 1 aromatic heterocycles. The molecular weight excluding hydrogens is 358 g/mol. The molecule has 5 nitrogen and oxygen atoms in total. The van der Waals surface area contributed by atoms with Gasteiger partial charge in [-0.2, -0.15) is 0 Å². The van der Waals surface area contributed by atoms with Crippen LogP contribution in [0.4, 0.5) is 5.69 Å². The summed E-state index contributed by atoms with van der Waals surface area (Å²) in [6.45, 7) is 3.66. The summed E-state index contributed by atoms with van der Waals surface area (Å²) in [5.41, 5.74) is 2.14. The molecule has 1 N–H and O–H groups in total. The first-order valence-corrected chi connectivity index (χ1v) is 9.84. The fourth-order valence-electron chi connectivity index (χ4n) is 2.68. The van der Waals surface area contributed by atoms with Crippen molar-refractivity contribution >= 4 is 43.1 Å². The molecule has 3 rings (SSSR count). The van der Waals surface area contributed by atoms with Crippen molar-refractivity contribution in [2.24, 2.45) is 0 Å². The van der Waals surface area contributed by atoms with Crippen LogP contribution in [-0.4, -0.2) is 21.5 Å². The van der Waals surface area contributed by atoms with Crippen LogP contribution < -0.4 is 4.72 Å². The molecule has 0 spiro atoms. The first-order chi connectivity index (χ1) is 11.8. The van der Waals surface area contributed by atoms with E-state index < -0.39 is 16.0 Å². The summed E-state index contributed by atoms with van der Waals surface area (Å²) < 4.78 is 34.4. The van der Waals surface area contributed by atoms with Gasteiger partial charge in [-0.15, -0.1) is 11.3 Å². The van der Waals surface area contributed by atoms with Crippen molar-refractivity contribution in [1.29, 1.82) is 0 Å². The number of thiophene rings is 1. The molecule has 0 unspecified atom stereocenters.